The Labute approximate surface area is 333 Å². The van der Waals surface area contributed by atoms with E-state index < -0.39 is 5.41 Å². The first-order chi connectivity index (χ1) is 28.2. The number of fused-ring (bicyclic) bond motifs is 9. The minimum atomic E-state index is -0.577. The van der Waals surface area contributed by atoms with Gasteiger partial charge in [0.2, 0.25) is 0 Å². The van der Waals surface area contributed by atoms with Crippen LogP contribution in [0.2, 0.25) is 0 Å². The van der Waals surface area contributed by atoms with Crippen LogP contribution in [-0.2, 0) is 5.41 Å². The summed E-state index contributed by atoms with van der Waals surface area (Å²) < 4.78 is 7.07. The van der Waals surface area contributed by atoms with Gasteiger partial charge in [-0.15, -0.1) is 0 Å². The van der Waals surface area contributed by atoms with E-state index in [1.54, 1.807) is 0 Å². The van der Waals surface area contributed by atoms with E-state index in [4.69, 9.17) is 14.7 Å². The van der Waals surface area contributed by atoms with Crippen molar-refractivity contribution in [1.82, 2.24) is 9.97 Å². The molecular weight excluding hydrogens is 693 g/mol. The molecule has 0 N–H and O–H groups in total. The second-order valence-electron chi connectivity index (χ2n) is 14.4. The van der Waals surface area contributed by atoms with Gasteiger partial charge >= 0.3 is 0 Å². The van der Waals surface area contributed by atoms with Gasteiger partial charge in [0.15, 0.2) is 5.82 Å². The van der Waals surface area contributed by atoms with Crippen molar-refractivity contribution in [3.05, 3.63) is 240 Å². The zero-order chi connectivity index (χ0) is 38.3. The number of para-hydroxylation sites is 2. The van der Waals surface area contributed by atoms with E-state index in [2.05, 4.69) is 176 Å². The third kappa shape index (κ3) is 5.50. The Morgan fingerprint density at radius 3 is 1.81 bits per heavy atom. The molecule has 57 heavy (non-hydrogen) atoms. The molecule has 0 bridgehead atoms. The summed E-state index contributed by atoms with van der Waals surface area (Å²) in [6, 6.07) is 64.0. The van der Waals surface area contributed by atoms with Crippen LogP contribution < -0.4 is 4.74 Å². The average Bonchev–Trinajstić information content (AvgIpc) is 3.57. The third-order valence-electron chi connectivity index (χ3n) is 11.3. The Balaban J connectivity index is 1.22. The highest BCUT2D eigenvalue weighted by Crippen LogP contribution is 2.63. The van der Waals surface area contributed by atoms with E-state index in [9.17, 15) is 0 Å². The summed E-state index contributed by atoms with van der Waals surface area (Å²) in [5, 5.41) is 0. The van der Waals surface area contributed by atoms with E-state index in [1.165, 1.54) is 22.3 Å². The van der Waals surface area contributed by atoms with E-state index in [0.717, 1.165) is 73.0 Å². The summed E-state index contributed by atoms with van der Waals surface area (Å²) in [5.41, 5.74) is 15.3. The summed E-state index contributed by atoms with van der Waals surface area (Å²) in [6.45, 7) is 6.48. The molecular formula is C54H38N2O. The van der Waals surface area contributed by atoms with Gasteiger partial charge in [0.1, 0.15) is 11.5 Å². The minimum Gasteiger partial charge on any atom is -0.456 e. The molecule has 1 aliphatic heterocycles. The van der Waals surface area contributed by atoms with Gasteiger partial charge < -0.3 is 4.74 Å². The lowest BCUT2D eigenvalue weighted by Crippen LogP contribution is -2.32. The zero-order valence-electron chi connectivity index (χ0n) is 31.6. The lowest BCUT2D eigenvalue weighted by atomic mass is 9.65. The second-order valence-corrected chi connectivity index (χ2v) is 14.4. The first-order valence-electron chi connectivity index (χ1n) is 19.4. The van der Waals surface area contributed by atoms with Gasteiger partial charge in [-0.2, -0.15) is 0 Å². The van der Waals surface area contributed by atoms with Crippen LogP contribution in [0, 0.1) is 0 Å². The molecule has 0 radical (unpaired) electrons. The lowest BCUT2D eigenvalue weighted by molar-refractivity contribution is 0.435. The Bertz CT molecular complexity index is 2860. The topological polar surface area (TPSA) is 35.0 Å². The van der Waals surface area contributed by atoms with Crippen molar-refractivity contribution in [1.29, 1.82) is 0 Å². The quantitative estimate of drug-likeness (QED) is 0.153. The molecule has 1 spiro atoms. The maximum Gasteiger partial charge on any atom is 0.160 e. The largest absolute Gasteiger partial charge is 0.456 e. The number of nitrogens with zero attached hydrogens (tertiary/aromatic N) is 2. The fourth-order valence-corrected chi connectivity index (χ4v) is 8.87. The Hall–Kier alpha value is -7.36. The Kier molecular flexibility index (Phi) is 8.42. The van der Waals surface area contributed by atoms with Crippen molar-refractivity contribution in [3.63, 3.8) is 0 Å². The van der Waals surface area contributed by atoms with Crippen molar-refractivity contribution in [3.8, 4) is 56.4 Å². The molecule has 7 aromatic carbocycles. The Morgan fingerprint density at radius 2 is 1.11 bits per heavy atom. The molecule has 2 heterocycles. The fourth-order valence-electron chi connectivity index (χ4n) is 8.87. The van der Waals surface area contributed by atoms with E-state index in [0.29, 0.717) is 5.82 Å². The first kappa shape index (κ1) is 34.2. The molecule has 1 aliphatic carbocycles. The number of rotatable bonds is 7. The fraction of sp³-hybridized carbons (Fsp3) is 0.0370. The molecule has 0 amide bonds. The van der Waals surface area contributed by atoms with Gasteiger partial charge in [-0.05, 0) is 64.1 Å². The average molecular weight is 731 g/mol. The number of hydrogen-bond acceptors (Lipinski definition) is 3. The molecule has 2 aliphatic rings. The molecule has 0 fully saturated rings. The predicted molar refractivity (Wildman–Crippen MR) is 234 cm³/mol. The molecule has 0 unspecified atom stereocenters. The van der Waals surface area contributed by atoms with Crippen LogP contribution in [-0.4, -0.2) is 9.97 Å². The summed E-state index contributed by atoms with van der Waals surface area (Å²) in [7, 11) is 0. The van der Waals surface area contributed by atoms with E-state index in [-0.39, 0.29) is 0 Å². The maximum atomic E-state index is 7.07. The van der Waals surface area contributed by atoms with Crippen molar-refractivity contribution in [2.75, 3.05) is 0 Å². The SMILES string of the molecule is C=C/C(=C(\C=C/C)c1cc(-c2cccc(-c3ccccc3)c2)nc(-c2ccccc2)n1)c1cccc2c1Oc1ccccc1C21c2ccccc2-c2ccccc21. The lowest BCUT2D eigenvalue weighted by Gasteiger charge is -2.40. The standard InChI is InChI=1S/C54H38N2O/c1-3-19-43(50-35-49(55-53(56-50)37-22-9-6-10-23-37)39-25-17-24-38(34-39)36-20-7-5-8-21-36)40(4-2)44-28-18-32-48-52(44)57-51-33-16-15-31-47(51)54(48)45-29-13-11-26-41(45)42-27-12-14-30-46(42)54/h3-35H,2H2,1H3/b19-3-,43-40-. The van der Waals surface area contributed by atoms with Crippen molar-refractivity contribution in [2.24, 2.45) is 0 Å². The van der Waals surface area contributed by atoms with Crippen LogP contribution in [0.5, 0.6) is 11.5 Å². The predicted octanol–water partition coefficient (Wildman–Crippen LogP) is 13.6. The van der Waals surface area contributed by atoms with E-state index >= 15 is 0 Å². The van der Waals surface area contributed by atoms with Gasteiger partial charge in [-0.3, -0.25) is 0 Å². The number of allylic oxidation sites excluding steroid dienone is 5. The van der Waals surface area contributed by atoms with Gasteiger partial charge in [0, 0.05) is 33.4 Å². The Morgan fingerprint density at radius 1 is 0.526 bits per heavy atom. The van der Waals surface area contributed by atoms with Crippen LogP contribution >= 0.6 is 0 Å². The molecule has 3 heteroatoms. The first-order valence-corrected chi connectivity index (χ1v) is 19.4. The highest BCUT2D eigenvalue weighted by atomic mass is 16.5. The van der Waals surface area contributed by atoms with Gasteiger partial charge in [0.05, 0.1) is 16.8 Å². The molecule has 10 rings (SSSR count). The van der Waals surface area contributed by atoms with Crippen molar-refractivity contribution < 1.29 is 4.74 Å². The summed E-state index contributed by atoms with van der Waals surface area (Å²) >= 11 is 0. The van der Waals surface area contributed by atoms with Crippen LogP contribution in [0.4, 0.5) is 0 Å². The minimum absolute atomic E-state index is 0.577. The maximum absolute atomic E-state index is 7.07. The third-order valence-corrected chi connectivity index (χ3v) is 11.3. The smallest absolute Gasteiger partial charge is 0.160 e. The monoisotopic (exact) mass is 730 g/mol. The van der Waals surface area contributed by atoms with E-state index in [1.807, 2.05) is 37.3 Å². The summed E-state index contributed by atoms with van der Waals surface area (Å²) in [5.74, 6) is 2.30. The molecule has 270 valence electrons. The van der Waals surface area contributed by atoms with Crippen LogP contribution in [0.25, 0.3) is 56.0 Å². The molecule has 0 atom stereocenters. The highest BCUT2D eigenvalue weighted by molar-refractivity contribution is 6.01. The van der Waals surface area contributed by atoms with Gasteiger partial charge in [-0.1, -0.05) is 189 Å². The molecule has 3 nitrogen and oxygen atoms in total. The number of ether oxygens (including phenoxy) is 1. The van der Waals surface area contributed by atoms with Crippen molar-refractivity contribution in [2.45, 2.75) is 12.3 Å². The summed E-state index contributed by atoms with van der Waals surface area (Å²) in [4.78, 5) is 10.5. The van der Waals surface area contributed by atoms with Crippen molar-refractivity contribution >= 4 is 11.1 Å². The van der Waals surface area contributed by atoms with Crippen LogP contribution in [0.15, 0.2) is 207 Å². The molecule has 0 saturated heterocycles. The number of hydrogen-bond donors (Lipinski definition) is 0. The molecule has 8 aromatic rings. The second kappa shape index (κ2) is 14.1. The zero-order valence-corrected chi connectivity index (χ0v) is 31.6. The normalized spacial score (nSPS) is 13.6. The highest BCUT2D eigenvalue weighted by Gasteiger charge is 2.51. The summed E-state index contributed by atoms with van der Waals surface area (Å²) in [6.07, 6.45) is 6.14. The number of aromatic nitrogens is 2. The van der Waals surface area contributed by atoms with Gasteiger partial charge in [-0.25, -0.2) is 9.97 Å². The molecule has 0 saturated carbocycles. The molecule has 1 aromatic heterocycles. The number of benzene rings is 7. The van der Waals surface area contributed by atoms with Crippen LogP contribution in [0.3, 0.4) is 0 Å². The van der Waals surface area contributed by atoms with Crippen LogP contribution in [0.1, 0.15) is 40.4 Å². The van der Waals surface area contributed by atoms with Gasteiger partial charge in [0.25, 0.3) is 0 Å².